The van der Waals surface area contributed by atoms with Gasteiger partial charge in [0.1, 0.15) is 6.54 Å². The van der Waals surface area contributed by atoms with Gasteiger partial charge in [-0.2, -0.15) is 0 Å². The third kappa shape index (κ3) is 3.99. The first-order chi connectivity index (χ1) is 13.9. The number of carbonyl (C=O) groups is 2. The molecule has 0 saturated heterocycles. The van der Waals surface area contributed by atoms with E-state index in [0.717, 1.165) is 57.5 Å². The highest BCUT2D eigenvalue weighted by molar-refractivity contribution is 9.10. The molecule has 1 aliphatic heterocycles. The van der Waals surface area contributed by atoms with Gasteiger partial charge in [-0.3, -0.25) is 14.6 Å². The lowest BCUT2D eigenvalue weighted by atomic mass is 10.0. The number of anilines is 1. The quantitative estimate of drug-likeness (QED) is 0.734. The number of carbonyl (C=O) groups excluding carboxylic acids is 2. The van der Waals surface area contributed by atoms with E-state index in [4.69, 9.17) is 4.99 Å². The lowest BCUT2D eigenvalue weighted by Crippen LogP contribution is -2.43. The molecule has 5 nitrogen and oxygen atoms in total. The maximum absolute atomic E-state index is 13.3. The predicted molar refractivity (Wildman–Crippen MR) is 119 cm³/mol. The van der Waals surface area contributed by atoms with Gasteiger partial charge in [-0.05, 0) is 68.0 Å². The van der Waals surface area contributed by atoms with Gasteiger partial charge in [0, 0.05) is 16.7 Å². The Morgan fingerprint density at radius 3 is 2.79 bits per heavy atom. The van der Waals surface area contributed by atoms with Crippen molar-refractivity contribution in [3.05, 3.63) is 57.6 Å². The zero-order valence-corrected chi connectivity index (χ0v) is 18.3. The Hall–Kier alpha value is -2.47. The molecule has 1 aliphatic carbocycles. The van der Waals surface area contributed by atoms with Crippen LogP contribution in [0, 0.1) is 19.8 Å². The van der Waals surface area contributed by atoms with Gasteiger partial charge in [0.25, 0.3) is 0 Å². The smallest absolute Gasteiger partial charge is 0.240 e. The predicted octanol–water partition coefficient (Wildman–Crippen LogP) is 4.60. The molecule has 4 rings (SSSR count). The van der Waals surface area contributed by atoms with Crippen LogP contribution in [0.3, 0.4) is 0 Å². The van der Waals surface area contributed by atoms with Crippen molar-refractivity contribution in [2.24, 2.45) is 10.9 Å². The van der Waals surface area contributed by atoms with Crippen LogP contribution in [0.4, 0.5) is 11.4 Å². The van der Waals surface area contributed by atoms with E-state index in [1.807, 2.05) is 50.2 Å². The third-order valence-electron chi connectivity index (χ3n) is 5.77. The summed E-state index contributed by atoms with van der Waals surface area (Å²) in [6.07, 6.45) is 2.63. The molecule has 0 spiro atoms. The topological polar surface area (TPSA) is 61.8 Å². The van der Waals surface area contributed by atoms with Gasteiger partial charge in [-0.15, -0.1) is 0 Å². The van der Waals surface area contributed by atoms with Gasteiger partial charge in [0.15, 0.2) is 0 Å². The van der Waals surface area contributed by atoms with E-state index in [9.17, 15) is 9.59 Å². The number of hydrogen-bond acceptors (Lipinski definition) is 3. The van der Waals surface area contributed by atoms with E-state index in [-0.39, 0.29) is 24.3 Å². The minimum Gasteiger partial charge on any atom is -0.350 e. The molecule has 1 heterocycles. The number of hydrogen-bond donors (Lipinski definition) is 1. The van der Waals surface area contributed by atoms with Crippen molar-refractivity contribution >= 4 is 44.8 Å². The zero-order valence-electron chi connectivity index (χ0n) is 16.7. The van der Waals surface area contributed by atoms with Crippen molar-refractivity contribution in [1.82, 2.24) is 5.32 Å². The van der Waals surface area contributed by atoms with Crippen LogP contribution >= 0.6 is 15.9 Å². The molecule has 0 aromatic heterocycles. The van der Waals surface area contributed by atoms with Gasteiger partial charge in [-0.1, -0.05) is 34.1 Å². The van der Waals surface area contributed by atoms with Crippen molar-refractivity contribution in [3.63, 3.8) is 0 Å². The molecule has 1 saturated carbocycles. The molecule has 2 amide bonds. The van der Waals surface area contributed by atoms with Crippen LogP contribution in [-0.4, -0.2) is 24.1 Å². The van der Waals surface area contributed by atoms with Gasteiger partial charge in [0.2, 0.25) is 11.8 Å². The van der Waals surface area contributed by atoms with E-state index in [1.165, 1.54) is 0 Å². The molecule has 1 N–H and O–H groups in total. The maximum atomic E-state index is 13.3. The minimum absolute atomic E-state index is 0.00190. The first-order valence-electron chi connectivity index (χ1n) is 9.94. The van der Waals surface area contributed by atoms with Crippen LogP contribution in [0.2, 0.25) is 0 Å². The summed E-state index contributed by atoms with van der Waals surface area (Å²) < 4.78 is 0.951. The Bertz CT molecular complexity index is 1020. The zero-order chi connectivity index (χ0) is 20.5. The average molecular weight is 454 g/mol. The van der Waals surface area contributed by atoms with Crippen LogP contribution in [0.1, 0.15) is 36.0 Å². The van der Waals surface area contributed by atoms with Crippen LogP contribution in [0.25, 0.3) is 0 Å². The van der Waals surface area contributed by atoms with E-state index in [2.05, 4.69) is 21.2 Å². The molecule has 2 aliphatic rings. The molecule has 2 aromatic carbocycles. The lowest BCUT2D eigenvalue weighted by Gasteiger charge is -2.25. The largest absolute Gasteiger partial charge is 0.350 e. The fourth-order valence-electron chi connectivity index (χ4n) is 3.98. The molecule has 29 heavy (non-hydrogen) atoms. The molecule has 1 fully saturated rings. The third-order valence-corrected chi connectivity index (χ3v) is 6.55. The second-order valence-electron chi connectivity index (χ2n) is 7.77. The van der Waals surface area contributed by atoms with E-state index in [0.29, 0.717) is 6.54 Å². The molecule has 1 atom stereocenters. The summed E-state index contributed by atoms with van der Waals surface area (Å²) in [5.41, 5.74) is 5.69. The average Bonchev–Trinajstić information content (AvgIpc) is 3.12. The summed E-state index contributed by atoms with van der Waals surface area (Å²) in [6.45, 7) is 4.47. The molecule has 0 unspecified atom stereocenters. The Labute approximate surface area is 179 Å². The summed E-state index contributed by atoms with van der Waals surface area (Å²) in [6, 6.07) is 11.8. The molecule has 0 bridgehead atoms. The molecular weight excluding hydrogens is 430 g/mol. The molecule has 0 radical (unpaired) electrons. The SMILES string of the molecule is Cc1cc2c(cc1C)N(CC(=O)NCc1ccccc1Br)C(=O)[C@@H]1CCCC1=N2. The van der Waals surface area contributed by atoms with Gasteiger partial charge >= 0.3 is 0 Å². The highest BCUT2D eigenvalue weighted by Crippen LogP contribution is 2.39. The fraction of sp³-hybridized carbons (Fsp3) is 0.348. The highest BCUT2D eigenvalue weighted by atomic mass is 79.9. The highest BCUT2D eigenvalue weighted by Gasteiger charge is 2.37. The molecular formula is C23H24BrN3O2. The van der Waals surface area contributed by atoms with Crippen molar-refractivity contribution < 1.29 is 9.59 Å². The monoisotopic (exact) mass is 453 g/mol. The minimum atomic E-state index is -0.209. The standard InChI is InChI=1S/C23H24BrN3O2/c1-14-10-20-21(11-15(14)2)27(23(29)17-7-5-9-19(17)26-20)13-22(28)25-12-16-6-3-4-8-18(16)24/h3-4,6,8,10-11,17H,5,7,9,12-13H2,1-2H3,(H,25,28)/t17-/m1/s1. The van der Waals surface area contributed by atoms with Crippen LogP contribution in [0.5, 0.6) is 0 Å². The van der Waals surface area contributed by atoms with E-state index < -0.39 is 0 Å². The van der Waals surface area contributed by atoms with E-state index >= 15 is 0 Å². The number of fused-ring (bicyclic) bond motifs is 2. The Morgan fingerprint density at radius 1 is 1.24 bits per heavy atom. The Kier molecular flexibility index (Phi) is 5.54. The van der Waals surface area contributed by atoms with Crippen molar-refractivity contribution in [3.8, 4) is 0 Å². The number of halogens is 1. The van der Waals surface area contributed by atoms with E-state index in [1.54, 1.807) is 4.90 Å². The number of rotatable bonds is 4. The molecule has 2 aromatic rings. The number of benzene rings is 2. The Balaban J connectivity index is 1.59. The summed E-state index contributed by atoms with van der Waals surface area (Å²) in [7, 11) is 0. The van der Waals surface area contributed by atoms with Crippen molar-refractivity contribution in [2.45, 2.75) is 39.7 Å². The van der Waals surface area contributed by atoms with Gasteiger partial charge in [0.05, 0.1) is 17.3 Å². The first-order valence-corrected chi connectivity index (χ1v) is 10.7. The normalized spacial score (nSPS) is 18.0. The number of aliphatic imine (C=N–C) groups is 1. The lowest BCUT2D eigenvalue weighted by molar-refractivity contribution is -0.124. The summed E-state index contributed by atoms with van der Waals surface area (Å²) in [5, 5.41) is 2.94. The summed E-state index contributed by atoms with van der Waals surface area (Å²) in [5.74, 6) is -0.405. The number of amides is 2. The van der Waals surface area contributed by atoms with Gasteiger partial charge < -0.3 is 10.2 Å². The first kappa shape index (κ1) is 19.8. The number of nitrogens with zero attached hydrogens (tertiary/aromatic N) is 2. The molecule has 6 heteroatoms. The second kappa shape index (κ2) is 8.11. The Morgan fingerprint density at radius 2 is 2.00 bits per heavy atom. The number of nitrogens with one attached hydrogen (secondary N) is 1. The maximum Gasteiger partial charge on any atom is 0.240 e. The summed E-state index contributed by atoms with van der Waals surface area (Å²) in [4.78, 5) is 32.5. The number of aryl methyl sites for hydroxylation is 2. The molecule has 150 valence electrons. The van der Waals surface area contributed by atoms with Crippen molar-refractivity contribution in [1.29, 1.82) is 0 Å². The fourth-order valence-corrected chi connectivity index (χ4v) is 4.40. The summed E-state index contributed by atoms with van der Waals surface area (Å²) >= 11 is 3.50. The van der Waals surface area contributed by atoms with Crippen LogP contribution in [0.15, 0.2) is 45.9 Å². The van der Waals surface area contributed by atoms with Crippen LogP contribution < -0.4 is 10.2 Å². The van der Waals surface area contributed by atoms with Crippen LogP contribution in [-0.2, 0) is 16.1 Å². The second-order valence-corrected chi connectivity index (χ2v) is 8.62. The van der Waals surface area contributed by atoms with Crippen molar-refractivity contribution in [2.75, 3.05) is 11.4 Å². The van der Waals surface area contributed by atoms with Gasteiger partial charge in [-0.25, -0.2) is 0 Å².